The van der Waals surface area contributed by atoms with E-state index >= 15 is 0 Å². The van der Waals surface area contributed by atoms with Gasteiger partial charge in [-0.15, -0.1) is 0 Å². The zero-order chi connectivity index (χ0) is 13.9. The van der Waals surface area contributed by atoms with Crippen LogP contribution in [0.4, 0.5) is 5.69 Å². The van der Waals surface area contributed by atoms with Gasteiger partial charge in [-0.1, -0.05) is 18.2 Å². The van der Waals surface area contributed by atoms with Gasteiger partial charge in [-0.05, 0) is 49.6 Å². The molecule has 0 N–H and O–H groups in total. The summed E-state index contributed by atoms with van der Waals surface area (Å²) in [6.07, 6.45) is 4.80. The van der Waals surface area contributed by atoms with Gasteiger partial charge in [0.05, 0.1) is 5.69 Å². The van der Waals surface area contributed by atoms with Gasteiger partial charge in [0.1, 0.15) is 0 Å². The molecular weight excluding hydrogens is 246 g/mol. The SMILES string of the molecule is CC(C)=NN1CC(c2ccncc2)Cc2ccccc21. The number of aromatic nitrogens is 1. The Kier molecular flexibility index (Phi) is 3.50. The number of para-hydroxylation sites is 1. The quantitative estimate of drug-likeness (QED) is 0.776. The fourth-order valence-electron chi connectivity index (χ4n) is 2.77. The Morgan fingerprint density at radius 1 is 1.15 bits per heavy atom. The van der Waals surface area contributed by atoms with E-state index in [1.54, 1.807) is 0 Å². The van der Waals surface area contributed by atoms with Crippen LogP contribution < -0.4 is 5.01 Å². The summed E-state index contributed by atoms with van der Waals surface area (Å²) < 4.78 is 0. The molecule has 0 amide bonds. The van der Waals surface area contributed by atoms with E-state index in [2.05, 4.69) is 51.5 Å². The van der Waals surface area contributed by atoms with Crippen LogP contribution in [0.5, 0.6) is 0 Å². The highest BCUT2D eigenvalue weighted by Crippen LogP contribution is 2.34. The van der Waals surface area contributed by atoms with E-state index in [4.69, 9.17) is 0 Å². The lowest BCUT2D eigenvalue weighted by molar-refractivity contribution is 0.620. The zero-order valence-electron chi connectivity index (χ0n) is 12.0. The van der Waals surface area contributed by atoms with Crippen LogP contribution in [0.2, 0.25) is 0 Å². The fraction of sp³-hybridized carbons (Fsp3) is 0.294. The molecule has 0 bridgehead atoms. The number of nitrogens with zero attached hydrogens (tertiary/aromatic N) is 3. The summed E-state index contributed by atoms with van der Waals surface area (Å²) in [7, 11) is 0. The molecule has 0 saturated carbocycles. The Morgan fingerprint density at radius 3 is 2.65 bits per heavy atom. The highest BCUT2D eigenvalue weighted by atomic mass is 15.5. The summed E-state index contributed by atoms with van der Waals surface area (Å²) in [6, 6.07) is 12.8. The Bertz CT molecular complexity index is 615. The van der Waals surface area contributed by atoms with Gasteiger partial charge in [-0.3, -0.25) is 9.99 Å². The molecule has 1 aromatic carbocycles. The minimum atomic E-state index is 0.469. The summed E-state index contributed by atoms with van der Waals surface area (Å²) in [5, 5.41) is 6.83. The van der Waals surface area contributed by atoms with Crippen molar-refractivity contribution in [2.75, 3.05) is 11.6 Å². The number of benzene rings is 1. The molecule has 102 valence electrons. The molecule has 1 aliphatic rings. The molecule has 0 aliphatic carbocycles. The van der Waals surface area contributed by atoms with Crippen molar-refractivity contribution in [1.29, 1.82) is 0 Å². The third kappa shape index (κ3) is 2.57. The van der Waals surface area contributed by atoms with Gasteiger partial charge in [0.15, 0.2) is 0 Å². The number of rotatable bonds is 2. The maximum absolute atomic E-state index is 4.69. The van der Waals surface area contributed by atoms with Gasteiger partial charge >= 0.3 is 0 Å². The number of fused-ring (bicyclic) bond motifs is 1. The molecule has 0 saturated heterocycles. The van der Waals surface area contributed by atoms with Gasteiger partial charge in [0, 0.05) is 30.6 Å². The van der Waals surface area contributed by atoms with E-state index in [0.717, 1.165) is 18.7 Å². The van der Waals surface area contributed by atoms with Crippen molar-refractivity contribution >= 4 is 11.4 Å². The average molecular weight is 265 g/mol. The van der Waals surface area contributed by atoms with Crippen LogP contribution in [0.3, 0.4) is 0 Å². The number of anilines is 1. The van der Waals surface area contributed by atoms with E-state index in [0.29, 0.717) is 5.92 Å². The number of pyridine rings is 1. The van der Waals surface area contributed by atoms with E-state index in [1.807, 2.05) is 26.2 Å². The molecule has 20 heavy (non-hydrogen) atoms. The highest BCUT2D eigenvalue weighted by Gasteiger charge is 2.25. The van der Waals surface area contributed by atoms with Crippen molar-refractivity contribution < 1.29 is 0 Å². The van der Waals surface area contributed by atoms with Crippen molar-refractivity contribution in [3.63, 3.8) is 0 Å². The Balaban J connectivity index is 1.98. The molecular formula is C17H19N3. The van der Waals surface area contributed by atoms with E-state index in [-0.39, 0.29) is 0 Å². The lowest BCUT2D eigenvalue weighted by atomic mass is 9.88. The molecule has 3 nitrogen and oxygen atoms in total. The third-order valence-electron chi connectivity index (χ3n) is 3.63. The van der Waals surface area contributed by atoms with Crippen molar-refractivity contribution in [2.45, 2.75) is 26.2 Å². The normalized spacial score (nSPS) is 17.5. The standard InChI is InChI=1S/C17H19N3/c1-13(2)19-20-12-16(14-7-9-18-10-8-14)11-15-5-3-4-6-17(15)20/h3-10,16H,11-12H2,1-2H3. The fourth-order valence-corrected chi connectivity index (χ4v) is 2.77. The van der Waals surface area contributed by atoms with Gasteiger partial charge in [0.25, 0.3) is 0 Å². The predicted octanol–water partition coefficient (Wildman–Crippen LogP) is 3.62. The maximum Gasteiger partial charge on any atom is 0.0626 e. The molecule has 2 heterocycles. The first-order chi connectivity index (χ1) is 9.74. The second-order valence-electron chi connectivity index (χ2n) is 5.44. The van der Waals surface area contributed by atoms with E-state index in [1.165, 1.54) is 16.8 Å². The van der Waals surface area contributed by atoms with E-state index in [9.17, 15) is 0 Å². The summed E-state index contributed by atoms with van der Waals surface area (Å²) >= 11 is 0. The van der Waals surface area contributed by atoms with Crippen LogP contribution >= 0.6 is 0 Å². The topological polar surface area (TPSA) is 28.5 Å². The largest absolute Gasteiger partial charge is 0.265 e. The molecule has 1 aliphatic heterocycles. The maximum atomic E-state index is 4.69. The Labute approximate surface area is 120 Å². The molecule has 3 rings (SSSR count). The first kappa shape index (κ1) is 12.9. The lowest BCUT2D eigenvalue weighted by Crippen LogP contribution is -2.31. The van der Waals surface area contributed by atoms with Crippen LogP contribution in [0.1, 0.15) is 30.9 Å². The molecule has 0 spiro atoms. The van der Waals surface area contributed by atoms with E-state index < -0.39 is 0 Å². The molecule has 1 atom stereocenters. The van der Waals surface area contributed by atoms with Crippen LogP contribution in [-0.2, 0) is 6.42 Å². The van der Waals surface area contributed by atoms with Crippen molar-refractivity contribution in [3.05, 3.63) is 59.9 Å². The molecule has 1 unspecified atom stereocenters. The summed E-state index contributed by atoms with van der Waals surface area (Å²) in [6.45, 7) is 5.00. The minimum Gasteiger partial charge on any atom is -0.265 e. The van der Waals surface area contributed by atoms with Gasteiger partial charge in [-0.25, -0.2) is 0 Å². The first-order valence-electron chi connectivity index (χ1n) is 7.01. The van der Waals surface area contributed by atoms with Crippen LogP contribution in [0.25, 0.3) is 0 Å². The summed E-state index contributed by atoms with van der Waals surface area (Å²) in [4.78, 5) is 4.11. The molecule has 3 heteroatoms. The van der Waals surface area contributed by atoms with Crippen molar-refractivity contribution in [1.82, 2.24) is 4.98 Å². The molecule has 0 fully saturated rings. The summed E-state index contributed by atoms with van der Waals surface area (Å²) in [5.74, 6) is 0.469. The second kappa shape index (κ2) is 5.45. The number of hydrogen-bond acceptors (Lipinski definition) is 3. The molecule has 2 aromatic rings. The smallest absolute Gasteiger partial charge is 0.0626 e. The number of hydrazone groups is 1. The van der Waals surface area contributed by atoms with Gasteiger partial charge < -0.3 is 0 Å². The highest BCUT2D eigenvalue weighted by molar-refractivity contribution is 5.80. The first-order valence-corrected chi connectivity index (χ1v) is 7.01. The zero-order valence-corrected chi connectivity index (χ0v) is 12.0. The minimum absolute atomic E-state index is 0.469. The lowest BCUT2D eigenvalue weighted by Gasteiger charge is -2.33. The Morgan fingerprint density at radius 2 is 1.90 bits per heavy atom. The van der Waals surface area contributed by atoms with Crippen LogP contribution in [-0.4, -0.2) is 17.2 Å². The second-order valence-corrected chi connectivity index (χ2v) is 5.44. The van der Waals surface area contributed by atoms with Crippen LogP contribution in [0.15, 0.2) is 53.9 Å². The number of hydrogen-bond donors (Lipinski definition) is 0. The third-order valence-corrected chi connectivity index (χ3v) is 3.63. The monoisotopic (exact) mass is 265 g/mol. The van der Waals surface area contributed by atoms with Gasteiger partial charge in [-0.2, -0.15) is 5.10 Å². The average Bonchev–Trinajstić information content (AvgIpc) is 2.47. The van der Waals surface area contributed by atoms with Gasteiger partial charge in [0.2, 0.25) is 0 Å². The van der Waals surface area contributed by atoms with Crippen LogP contribution in [0, 0.1) is 0 Å². The van der Waals surface area contributed by atoms with Crippen molar-refractivity contribution in [3.8, 4) is 0 Å². The van der Waals surface area contributed by atoms with Crippen molar-refractivity contribution in [2.24, 2.45) is 5.10 Å². The predicted molar refractivity (Wildman–Crippen MR) is 83.3 cm³/mol. The molecule has 0 radical (unpaired) electrons. The molecule has 1 aromatic heterocycles. The Hall–Kier alpha value is -2.16. The summed E-state index contributed by atoms with van der Waals surface area (Å²) in [5.41, 5.74) is 5.02.